The number of carbonyl (C=O) groups excluding carboxylic acids is 1. The fourth-order valence-electron chi connectivity index (χ4n) is 2.79. The SMILES string of the molecule is CC1=CC(=O)C(C2CCCCC2)C1. The summed E-state index contributed by atoms with van der Waals surface area (Å²) in [5.41, 5.74) is 1.29. The van der Waals surface area contributed by atoms with Crippen LogP contribution in [0.15, 0.2) is 11.6 Å². The molecule has 2 rings (SSSR count). The molecule has 1 saturated carbocycles. The van der Waals surface area contributed by atoms with E-state index in [1.165, 1.54) is 37.7 Å². The molecule has 1 nitrogen and oxygen atoms in total. The molecule has 0 N–H and O–H groups in total. The molecule has 1 heteroatoms. The van der Waals surface area contributed by atoms with Crippen LogP contribution >= 0.6 is 0 Å². The minimum absolute atomic E-state index is 0.361. The molecule has 0 amide bonds. The number of hydrogen-bond acceptors (Lipinski definition) is 1. The van der Waals surface area contributed by atoms with Gasteiger partial charge in [0, 0.05) is 5.92 Å². The van der Waals surface area contributed by atoms with Crippen molar-refractivity contribution < 1.29 is 4.79 Å². The van der Waals surface area contributed by atoms with Crippen molar-refractivity contribution in [1.82, 2.24) is 0 Å². The third kappa shape index (κ3) is 1.84. The zero-order valence-corrected chi connectivity index (χ0v) is 8.38. The monoisotopic (exact) mass is 178 g/mol. The highest BCUT2D eigenvalue weighted by atomic mass is 16.1. The van der Waals surface area contributed by atoms with Crippen LogP contribution < -0.4 is 0 Å². The quantitative estimate of drug-likeness (QED) is 0.603. The van der Waals surface area contributed by atoms with E-state index in [-0.39, 0.29) is 0 Å². The summed E-state index contributed by atoms with van der Waals surface area (Å²) in [6.45, 7) is 2.08. The van der Waals surface area contributed by atoms with Crippen molar-refractivity contribution in [3.05, 3.63) is 11.6 Å². The topological polar surface area (TPSA) is 17.1 Å². The van der Waals surface area contributed by atoms with Crippen molar-refractivity contribution in [2.24, 2.45) is 11.8 Å². The second-order valence-corrected chi connectivity index (χ2v) is 4.60. The Labute approximate surface area is 80.2 Å². The molecule has 0 spiro atoms. The van der Waals surface area contributed by atoms with Crippen LogP contribution in [0.1, 0.15) is 45.4 Å². The third-order valence-electron chi connectivity index (χ3n) is 3.51. The van der Waals surface area contributed by atoms with E-state index in [1.54, 1.807) is 0 Å². The van der Waals surface area contributed by atoms with Gasteiger partial charge in [-0.2, -0.15) is 0 Å². The van der Waals surface area contributed by atoms with E-state index < -0.39 is 0 Å². The van der Waals surface area contributed by atoms with Gasteiger partial charge in [-0.3, -0.25) is 4.79 Å². The molecule has 0 saturated heterocycles. The predicted molar refractivity (Wildman–Crippen MR) is 53.4 cm³/mol. The lowest BCUT2D eigenvalue weighted by molar-refractivity contribution is -0.119. The van der Waals surface area contributed by atoms with Gasteiger partial charge in [0.05, 0.1) is 0 Å². The summed E-state index contributed by atoms with van der Waals surface area (Å²) in [4.78, 5) is 11.6. The van der Waals surface area contributed by atoms with Crippen molar-refractivity contribution >= 4 is 5.78 Å². The fraction of sp³-hybridized carbons (Fsp3) is 0.750. The third-order valence-corrected chi connectivity index (χ3v) is 3.51. The molecular weight excluding hydrogens is 160 g/mol. The lowest BCUT2D eigenvalue weighted by Gasteiger charge is -2.26. The van der Waals surface area contributed by atoms with Crippen molar-refractivity contribution in [3.8, 4) is 0 Å². The summed E-state index contributed by atoms with van der Waals surface area (Å²) in [5.74, 6) is 1.47. The van der Waals surface area contributed by atoms with Gasteiger partial charge in [-0.1, -0.05) is 24.8 Å². The van der Waals surface area contributed by atoms with Gasteiger partial charge in [0.15, 0.2) is 5.78 Å². The van der Waals surface area contributed by atoms with Gasteiger partial charge < -0.3 is 0 Å². The summed E-state index contributed by atoms with van der Waals surface area (Å²) >= 11 is 0. The Kier molecular flexibility index (Phi) is 2.52. The summed E-state index contributed by atoms with van der Waals surface area (Å²) in [6.07, 6.45) is 9.54. The van der Waals surface area contributed by atoms with Crippen molar-refractivity contribution in [1.29, 1.82) is 0 Å². The zero-order chi connectivity index (χ0) is 9.26. The Morgan fingerprint density at radius 2 is 1.92 bits per heavy atom. The van der Waals surface area contributed by atoms with Gasteiger partial charge >= 0.3 is 0 Å². The van der Waals surface area contributed by atoms with Gasteiger partial charge in [0.2, 0.25) is 0 Å². The van der Waals surface area contributed by atoms with Crippen LogP contribution in [0, 0.1) is 11.8 Å². The molecule has 0 radical (unpaired) electrons. The van der Waals surface area contributed by atoms with Gasteiger partial charge in [-0.25, -0.2) is 0 Å². The van der Waals surface area contributed by atoms with Crippen LogP contribution in [0.2, 0.25) is 0 Å². The average molecular weight is 178 g/mol. The first-order valence-corrected chi connectivity index (χ1v) is 5.48. The minimum Gasteiger partial charge on any atom is -0.295 e. The zero-order valence-electron chi connectivity index (χ0n) is 8.38. The first kappa shape index (κ1) is 8.98. The average Bonchev–Trinajstić information content (AvgIpc) is 2.47. The van der Waals surface area contributed by atoms with Crippen molar-refractivity contribution in [3.63, 3.8) is 0 Å². The molecule has 1 unspecified atom stereocenters. The first-order valence-electron chi connectivity index (χ1n) is 5.48. The molecule has 0 heterocycles. The van der Waals surface area contributed by atoms with Gasteiger partial charge in [-0.15, -0.1) is 0 Å². The number of hydrogen-bond donors (Lipinski definition) is 0. The lowest BCUT2D eigenvalue weighted by atomic mass is 9.78. The molecule has 2 aliphatic carbocycles. The molecule has 2 aliphatic rings. The second-order valence-electron chi connectivity index (χ2n) is 4.60. The van der Waals surface area contributed by atoms with E-state index in [0.29, 0.717) is 17.6 Å². The molecule has 1 fully saturated rings. The largest absolute Gasteiger partial charge is 0.295 e. The molecular formula is C12H18O. The highest BCUT2D eigenvalue weighted by Crippen LogP contribution is 2.36. The van der Waals surface area contributed by atoms with Crippen LogP contribution in [-0.4, -0.2) is 5.78 Å². The maximum atomic E-state index is 11.6. The van der Waals surface area contributed by atoms with Crippen molar-refractivity contribution in [2.45, 2.75) is 45.4 Å². The molecule has 0 aliphatic heterocycles. The van der Waals surface area contributed by atoms with E-state index >= 15 is 0 Å². The maximum Gasteiger partial charge on any atom is 0.159 e. The highest BCUT2D eigenvalue weighted by molar-refractivity contribution is 5.95. The summed E-state index contributed by atoms with van der Waals surface area (Å²) < 4.78 is 0. The molecule has 72 valence electrons. The molecule has 0 aromatic rings. The number of ketones is 1. The lowest BCUT2D eigenvalue weighted by Crippen LogP contribution is -2.21. The van der Waals surface area contributed by atoms with E-state index in [1.807, 2.05) is 6.08 Å². The molecule has 0 bridgehead atoms. The normalized spacial score (nSPS) is 30.7. The Hall–Kier alpha value is -0.590. The molecule has 0 aromatic heterocycles. The maximum absolute atomic E-state index is 11.6. The summed E-state index contributed by atoms with van der Waals surface area (Å²) in [5, 5.41) is 0. The molecule has 0 aromatic carbocycles. The number of rotatable bonds is 1. The Morgan fingerprint density at radius 3 is 2.46 bits per heavy atom. The van der Waals surface area contributed by atoms with Gasteiger partial charge in [0.25, 0.3) is 0 Å². The van der Waals surface area contributed by atoms with Crippen LogP contribution in [0.3, 0.4) is 0 Å². The standard InChI is InChI=1S/C12H18O/c1-9-7-11(12(13)8-9)10-5-3-2-4-6-10/h8,10-11H,2-7H2,1H3. The summed E-state index contributed by atoms with van der Waals surface area (Å²) in [6, 6.07) is 0. The second kappa shape index (κ2) is 3.65. The first-order chi connectivity index (χ1) is 6.27. The number of allylic oxidation sites excluding steroid dienone is 2. The van der Waals surface area contributed by atoms with Crippen LogP contribution in [0.25, 0.3) is 0 Å². The Morgan fingerprint density at radius 1 is 1.23 bits per heavy atom. The summed E-state index contributed by atoms with van der Waals surface area (Å²) in [7, 11) is 0. The number of carbonyl (C=O) groups is 1. The van der Waals surface area contributed by atoms with Gasteiger partial charge in [-0.05, 0) is 38.2 Å². The Balaban J connectivity index is 1.98. The van der Waals surface area contributed by atoms with Crippen LogP contribution in [0.4, 0.5) is 0 Å². The highest BCUT2D eigenvalue weighted by Gasteiger charge is 2.31. The van der Waals surface area contributed by atoms with Crippen LogP contribution in [-0.2, 0) is 4.79 Å². The van der Waals surface area contributed by atoms with Gasteiger partial charge in [0.1, 0.15) is 0 Å². The van der Waals surface area contributed by atoms with E-state index in [2.05, 4.69) is 6.92 Å². The van der Waals surface area contributed by atoms with Crippen molar-refractivity contribution in [2.75, 3.05) is 0 Å². The van der Waals surface area contributed by atoms with E-state index in [4.69, 9.17) is 0 Å². The molecule has 13 heavy (non-hydrogen) atoms. The fourth-order valence-corrected chi connectivity index (χ4v) is 2.79. The smallest absolute Gasteiger partial charge is 0.159 e. The predicted octanol–water partition coefficient (Wildman–Crippen LogP) is 3.10. The van der Waals surface area contributed by atoms with Crippen LogP contribution in [0.5, 0.6) is 0 Å². The minimum atomic E-state index is 0.361. The Bertz CT molecular complexity index is 234. The van der Waals surface area contributed by atoms with E-state index in [0.717, 1.165) is 6.42 Å². The van der Waals surface area contributed by atoms with E-state index in [9.17, 15) is 4.79 Å². The molecule has 1 atom stereocenters.